The topological polar surface area (TPSA) is 42.3 Å². The predicted molar refractivity (Wildman–Crippen MR) is 77.0 cm³/mol. The number of aromatic nitrogens is 1. The fraction of sp³-hybridized carbons (Fsp3) is 0.692. The van der Waals surface area contributed by atoms with Crippen LogP contribution in [-0.2, 0) is 15.9 Å². The molecule has 1 aliphatic carbocycles. The summed E-state index contributed by atoms with van der Waals surface area (Å²) in [5, 5.41) is 0. The van der Waals surface area contributed by atoms with Crippen molar-refractivity contribution in [1.29, 1.82) is 0 Å². The van der Waals surface area contributed by atoms with Crippen LogP contribution < -0.4 is 0 Å². The third-order valence-electron chi connectivity index (χ3n) is 3.52. The number of sulfonamides is 1. The first kappa shape index (κ1) is 14.9. The highest BCUT2D eigenvalue weighted by molar-refractivity contribution is 7.89. The van der Waals surface area contributed by atoms with Crippen molar-refractivity contribution in [2.45, 2.75) is 49.4 Å². The van der Waals surface area contributed by atoms with E-state index in [1.807, 2.05) is 4.57 Å². The number of rotatable bonds is 7. The monoisotopic (exact) mass is 304 g/mol. The third kappa shape index (κ3) is 3.15. The van der Waals surface area contributed by atoms with Gasteiger partial charge in [0, 0.05) is 31.5 Å². The van der Waals surface area contributed by atoms with Crippen molar-refractivity contribution < 1.29 is 8.42 Å². The molecule has 0 aliphatic heterocycles. The van der Waals surface area contributed by atoms with Crippen molar-refractivity contribution >= 4 is 21.6 Å². The summed E-state index contributed by atoms with van der Waals surface area (Å²) in [5.41, 5.74) is 0.895. The van der Waals surface area contributed by atoms with Crippen LogP contribution >= 0.6 is 11.6 Å². The Hall–Kier alpha value is -0.520. The van der Waals surface area contributed by atoms with E-state index in [1.54, 1.807) is 19.3 Å². The van der Waals surface area contributed by atoms with Gasteiger partial charge in [-0.2, -0.15) is 0 Å². The zero-order valence-corrected chi connectivity index (χ0v) is 13.0. The van der Waals surface area contributed by atoms with Crippen LogP contribution in [-0.4, -0.2) is 30.9 Å². The zero-order valence-electron chi connectivity index (χ0n) is 11.5. The fourth-order valence-corrected chi connectivity index (χ4v) is 3.59. The van der Waals surface area contributed by atoms with Gasteiger partial charge < -0.3 is 4.57 Å². The lowest BCUT2D eigenvalue weighted by atomic mass is 10.3. The SMILES string of the molecule is CCCCN(C)S(=O)(=O)c1cc(CCl)n(C2CC2)c1. The van der Waals surface area contributed by atoms with Gasteiger partial charge >= 0.3 is 0 Å². The summed E-state index contributed by atoms with van der Waals surface area (Å²) in [7, 11) is -1.74. The van der Waals surface area contributed by atoms with E-state index in [1.165, 1.54) is 4.31 Å². The molecule has 0 radical (unpaired) electrons. The third-order valence-corrected chi connectivity index (χ3v) is 5.61. The molecular weight excluding hydrogens is 284 g/mol. The fourth-order valence-electron chi connectivity index (χ4n) is 2.12. The predicted octanol–water partition coefficient (Wildman–Crippen LogP) is 2.98. The van der Waals surface area contributed by atoms with E-state index in [0.717, 1.165) is 31.4 Å². The average molecular weight is 305 g/mol. The first-order chi connectivity index (χ1) is 9.00. The van der Waals surface area contributed by atoms with Crippen molar-refractivity contribution in [3.63, 3.8) is 0 Å². The van der Waals surface area contributed by atoms with E-state index in [-0.39, 0.29) is 0 Å². The Morgan fingerprint density at radius 2 is 2.16 bits per heavy atom. The lowest BCUT2D eigenvalue weighted by molar-refractivity contribution is 0.459. The summed E-state index contributed by atoms with van der Waals surface area (Å²) >= 11 is 5.90. The van der Waals surface area contributed by atoms with Gasteiger partial charge in [0.15, 0.2) is 0 Å². The summed E-state index contributed by atoms with van der Waals surface area (Å²) in [6.45, 7) is 2.61. The van der Waals surface area contributed by atoms with Gasteiger partial charge in [-0.15, -0.1) is 11.6 Å². The second-order valence-electron chi connectivity index (χ2n) is 5.12. The molecule has 6 heteroatoms. The summed E-state index contributed by atoms with van der Waals surface area (Å²) < 4.78 is 28.3. The molecule has 1 saturated carbocycles. The summed E-state index contributed by atoms with van der Waals surface area (Å²) in [6.07, 6.45) is 5.83. The van der Waals surface area contributed by atoms with Gasteiger partial charge in [0.2, 0.25) is 10.0 Å². The Morgan fingerprint density at radius 3 is 2.68 bits per heavy atom. The Morgan fingerprint density at radius 1 is 1.47 bits per heavy atom. The summed E-state index contributed by atoms with van der Waals surface area (Å²) in [5.74, 6) is 0.352. The minimum absolute atomic E-state index is 0.352. The molecule has 1 aromatic rings. The van der Waals surface area contributed by atoms with Crippen LogP contribution in [0.2, 0.25) is 0 Å². The largest absolute Gasteiger partial charge is 0.346 e. The summed E-state index contributed by atoms with van der Waals surface area (Å²) in [4.78, 5) is 0.369. The van der Waals surface area contributed by atoms with Gasteiger partial charge in [-0.25, -0.2) is 12.7 Å². The molecule has 1 heterocycles. The Balaban J connectivity index is 2.24. The second-order valence-corrected chi connectivity index (χ2v) is 7.43. The maximum atomic E-state index is 12.4. The Kier molecular flexibility index (Phi) is 4.58. The highest BCUT2D eigenvalue weighted by Gasteiger charge is 2.29. The molecule has 2 rings (SSSR count). The van der Waals surface area contributed by atoms with E-state index in [9.17, 15) is 8.42 Å². The van der Waals surface area contributed by atoms with Gasteiger partial charge in [-0.3, -0.25) is 0 Å². The molecule has 108 valence electrons. The first-order valence-corrected chi connectivity index (χ1v) is 8.71. The van der Waals surface area contributed by atoms with Crippen molar-refractivity contribution in [2.75, 3.05) is 13.6 Å². The van der Waals surface area contributed by atoms with Crippen LogP contribution in [0.4, 0.5) is 0 Å². The molecule has 0 spiro atoms. The molecular formula is C13H21ClN2O2S. The number of unbranched alkanes of at least 4 members (excludes halogenated alkanes) is 1. The number of nitrogens with zero attached hydrogens (tertiary/aromatic N) is 2. The lowest BCUT2D eigenvalue weighted by Crippen LogP contribution is -2.27. The minimum Gasteiger partial charge on any atom is -0.346 e. The number of alkyl halides is 1. The van der Waals surface area contributed by atoms with Crippen LogP contribution in [0.5, 0.6) is 0 Å². The molecule has 0 bridgehead atoms. The Bertz CT molecular complexity index is 535. The van der Waals surface area contributed by atoms with Crippen LogP contribution in [0.15, 0.2) is 17.2 Å². The second kappa shape index (κ2) is 5.85. The first-order valence-electron chi connectivity index (χ1n) is 6.73. The van der Waals surface area contributed by atoms with Crippen molar-refractivity contribution in [2.24, 2.45) is 0 Å². The number of hydrogen-bond donors (Lipinski definition) is 0. The van der Waals surface area contributed by atoms with Crippen molar-refractivity contribution in [3.05, 3.63) is 18.0 Å². The Labute approximate surface area is 120 Å². The molecule has 0 saturated heterocycles. The molecule has 0 unspecified atom stereocenters. The van der Waals surface area contributed by atoms with Gasteiger partial charge in [0.1, 0.15) is 4.90 Å². The van der Waals surface area contributed by atoms with E-state index < -0.39 is 10.0 Å². The average Bonchev–Trinajstić information content (AvgIpc) is 3.14. The molecule has 1 fully saturated rings. The summed E-state index contributed by atoms with van der Waals surface area (Å²) in [6, 6.07) is 2.15. The smallest absolute Gasteiger partial charge is 0.244 e. The van der Waals surface area contributed by atoms with Crippen LogP contribution in [0.1, 0.15) is 44.3 Å². The van der Waals surface area contributed by atoms with Gasteiger partial charge in [-0.1, -0.05) is 13.3 Å². The molecule has 4 nitrogen and oxygen atoms in total. The van der Waals surface area contributed by atoms with Gasteiger partial charge in [0.25, 0.3) is 0 Å². The minimum atomic E-state index is -3.37. The normalized spacial score (nSPS) is 16.2. The zero-order chi connectivity index (χ0) is 14.0. The van der Waals surface area contributed by atoms with E-state index in [0.29, 0.717) is 23.4 Å². The molecule has 0 N–H and O–H groups in total. The molecule has 19 heavy (non-hydrogen) atoms. The molecule has 0 aromatic carbocycles. The lowest BCUT2D eigenvalue weighted by Gasteiger charge is -2.15. The number of halogens is 1. The van der Waals surface area contributed by atoms with Crippen LogP contribution in [0, 0.1) is 0 Å². The van der Waals surface area contributed by atoms with E-state index in [2.05, 4.69) is 6.92 Å². The van der Waals surface area contributed by atoms with Gasteiger partial charge in [0.05, 0.1) is 5.88 Å². The van der Waals surface area contributed by atoms with Crippen LogP contribution in [0.25, 0.3) is 0 Å². The van der Waals surface area contributed by atoms with Crippen molar-refractivity contribution in [1.82, 2.24) is 8.87 Å². The van der Waals surface area contributed by atoms with E-state index >= 15 is 0 Å². The van der Waals surface area contributed by atoms with Crippen molar-refractivity contribution in [3.8, 4) is 0 Å². The molecule has 0 amide bonds. The highest BCUT2D eigenvalue weighted by atomic mass is 35.5. The van der Waals surface area contributed by atoms with Gasteiger partial charge in [-0.05, 0) is 25.3 Å². The molecule has 0 atom stereocenters. The van der Waals surface area contributed by atoms with Crippen LogP contribution in [0.3, 0.4) is 0 Å². The molecule has 1 aromatic heterocycles. The standard InChI is InChI=1S/C13H21ClN2O2S/c1-3-4-7-15(2)19(17,18)13-8-12(9-14)16(10-13)11-5-6-11/h8,10-11H,3-7,9H2,1-2H3. The number of hydrogen-bond acceptors (Lipinski definition) is 2. The maximum Gasteiger partial charge on any atom is 0.244 e. The highest BCUT2D eigenvalue weighted by Crippen LogP contribution is 2.37. The maximum absolute atomic E-state index is 12.4. The van der Waals surface area contributed by atoms with E-state index in [4.69, 9.17) is 11.6 Å². The molecule has 1 aliphatic rings. The quantitative estimate of drug-likeness (QED) is 0.727.